The second-order valence-electron chi connectivity index (χ2n) is 6.41. The Kier molecular flexibility index (Phi) is 11.3. The number of carbonyl (C=O) groups is 3. The van der Waals surface area contributed by atoms with Crippen molar-refractivity contribution in [3.63, 3.8) is 0 Å². The number of carbonyl (C=O) groups excluding carboxylic acids is 1. The fraction of sp³-hybridized carbons (Fsp3) is 0.550. The van der Waals surface area contributed by atoms with E-state index < -0.39 is 11.9 Å². The van der Waals surface area contributed by atoms with Crippen molar-refractivity contribution in [2.45, 2.75) is 64.2 Å². The molecule has 0 aliphatic rings. The summed E-state index contributed by atoms with van der Waals surface area (Å²) in [5.41, 5.74) is 0.589. The third-order valence-electron chi connectivity index (χ3n) is 4.00. The molecule has 0 spiro atoms. The molecular formula is C20H29NO6. The summed E-state index contributed by atoms with van der Waals surface area (Å²) in [6, 6.07) is 7.10. The molecule has 1 amide bonds. The highest BCUT2D eigenvalue weighted by molar-refractivity contribution is 5.92. The SMILES string of the molecule is O=C(O)CCCCCCCCC(=O)Nc1ccccc1OCCCC(=O)O. The first kappa shape index (κ1) is 22.5. The second-order valence-corrected chi connectivity index (χ2v) is 6.41. The van der Waals surface area contributed by atoms with E-state index in [2.05, 4.69) is 5.32 Å². The molecule has 150 valence electrons. The number of amides is 1. The first-order chi connectivity index (χ1) is 13.0. The van der Waals surface area contributed by atoms with E-state index >= 15 is 0 Å². The predicted octanol–water partition coefficient (Wildman–Crippen LogP) is 4.07. The number of hydrogen-bond donors (Lipinski definition) is 3. The van der Waals surface area contributed by atoms with Gasteiger partial charge in [-0.1, -0.05) is 37.8 Å². The third kappa shape index (κ3) is 11.6. The number of unbranched alkanes of at least 4 members (excludes halogenated alkanes) is 5. The van der Waals surface area contributed by atoms with Crippen LogP contribution in [0.15, 0.2) is 24.3 Å². The van der Waals surface area contributed by atoms with Crippen molar-refractivity contribution in [1.82, 2.24) is 0 Å². The summed E-state index contributed by atoms with van der Waals surface area (Å²) in [4.78, 5) is 33.0. The van der Waals surface area contributed by atoms with E-state index in [0.717, 1.165) is 32.1 Å². The van der Waals surface area contributed by atoms with Crippen LogP contribution in [0.2, 0.25) is 0 Å². The van der Waals surface area contributed by atoms with Crippen molar-refractivity contribution >= 4 is 23.5 Å². The maximum absolute atomic E-state index is 12.1. The Labute approximate surface area is 159 Å². The van der Waals surface area contributed by atoms with Crippen molar-refractivity contribution in [3.8, 4) is 5.75 Å². The summed E-state index contributed by atoms with van der Waals surface area (Å²) >= 11 is 0. The summed E-state index contributed by atoms with van der Waals surface area (Å²) in [5, 5.41) is 20.0. The molecule has 0 aliphatic carbocycles. The topological polar surface area (TPSA) is 113 Å². The van der Waals surface area contributed by atoms with Gasteiger partial charge in [-0.05, 0) is 31.4 Å². The number of rotatable bonds is 15. The maximum atomic E-state index is 12.1. The highest BCUT2D eigenvalue weighted by Gasteiger charge is 2.08. The first-order valence-corrected chi connectivity index (χ1v) is 9.44. The average molecular weight is 379 g/mol. The maximum Gasteiger partial charge on any atom is 0.303 e. The Morgan fingerprint density at radius 1 is 0.778 bits per heavy atom. The summed E-state index contributed by atoms with van der Waals surface area (Å²) in [6.45, 7) is 0.279. The van der Waals surface area contributed by atoms with Gasteiger partial charge in [-0.15, -0.1) is 0 Å². The highest BCUT2D eigenvalue weighted by Crippen LogP contribution is 2.24. The molecule has 7 nitrogen and oxygen atoms in total. The van der Waals surface area contributed by atoms with Crippen LogP contribution in [0, 0.1) is 0 Å². The predicted molar refractivity (Wildman–Crippen MR) is 102 cm³/mol. The van der Waals surface area contributed by atoms with Gasteiger partial charge in [0.2, 0.25) is 5.91 Å². The standard InChI is InChI=1S/C20H29NO6/c22-18(12-5-3-1-2-4-6-13-19(23)24)21-16-10-7-8-11-17(16)27-15-9-14-20(25)26/h7-8,10-11H,1-6,9,12-15H2,(H,21,22)(H,23,24)(H,25,26). The van der Waals surface area contributed by atoms with Gasteiger partial charge in [-0.2, -0.15) is 0 Å². The Hall–Kier alpha value is -2.57. The van der Waals surface area contributed by atoms with E-state index in [-0.39, 0.29) is 25.4 Å². The number of benzene rings is 1. The lowest BCUT2D eigenvalue weighted by Gasteiger charge is -2.12. The van der Waals surface area contributed by atoms with Crippen molar-refractivity contribution in [3.05, 3.63) is 24.3 Å². The van der Waals surface area contributed by atoms with Crippen LogP contribution in [0.25, 0.3) is 0 Å². The number of hydrogen-bond acceptors (Lipinski definition) is 4. The van der Waals surface area contributed by atoms with E-state index in [9.17, 15) is 14.4 Å². The lowest BCUT2D eigenvalue weighted by molar-refractivity contribution is -0.138. The normalized spacial score (nSPS) is 10.4. The number of carboxylic acids is 2. The zero-order valence-corrected chi connectivity index (χ0v) is 15.6. The van der Waals surface area contributed by atoms with E-state index in [4.69, 9.17) is 14.9 Å². The van der Waals surface area contributed by atoms with Crippen LogP contribution in [0.4, 0.5) is 5.69 Å². The molecular weight excluding hydrogens is 350 g/mol. The van der Waals surface area contributed by atoms with Crippen LogP contribution in [-0.2, 0) is 14.4 Å². The molecule has 1 aromatic rings. The molecule has 7 heteroatoms. The molecule has 1 aromatic carbocycles. The smallest absolute Gasteiger partial charge is 0.303 e. The van der Waals surface area contributed by atoms with Crippen LogP contribution in [0.3, 0.4) is 0 Å². The molecule has 0 saturated heterocycles. The van der Waals surface area contributed by atoms with Crippen molar-refractivity contribution in [1.29, 1.82) is 0 Å². The third-order valence-corrected chi connectivity index (χ3v) is 4.00. The van der Waals surface area contributed by atoms with Gasteiger partial charge in [-0.3, -0.25) is 14.4 Å². The van der Waals surface area contributed by atoms with E-state index in [1.54, 1.807) is 24.3 Å². The van der Waals surface area contributed by atoms with Gasteiger partial charge in [0.25, 0.3) is 0 Å². The minimum atomic E-state index is -0.859. The van der Waals surface area contributed by atoms with Gasteiger partial charge in [-0.25, -0.2) is 0 Å². The Bertz CT molecular complexity index is 602. The van der Waals surface area contributed by atoms with Crippen LogP contribution in [-0.4, -0.2) is 34.7 Å². The fourth-order valence-electron chi connectivity index (χ4n) is 2.58. The number of aliphatic carboxylic acids is 2. The summed E-state index contributed by atoms with van der Waals surface area (Å²) in [6.07, 6.45) is 6.42. The Morgan fingerprint density at radius 2 is 1.33 bits per heavy atom. The molecule has 3 N–H and O–H groups in total. The van der Waals surface area contributed by atoms with Gasteiger partial charge in [0.15, 0.2) is 0 Å². The Morgan fingerprint density at radius 3 is 2.00 bits per heavy atom. The number of anilines is 1. The van der Waals surface area contributed by atoms with Crippen LogP contribution >= 0.6 is 0 Å². The number of para-hydroxylation sites is 2. The summed E-state index contributed by atoms with van der Waals surface area (Å²) in [5.74, 6) is -1.16. The molecule has 0 heterocycles. The van der Waals surface area contributed by atoms with Gasteiger partial charge in [0.05, 0.1) is 12.3 Å². The highest BCUT2D eigenvalue weighted by atomic mass is 16.5. The number of nitrogens with one attached hydrogen (secondary N) is 1. The molecule has 1 rings (SSSR count). The van der Waals surface area contributed by atoms with Gasteiger partial charge in [0, 0.05) is 19.3 Å². The minimum absolute atomic E-state index is 0.0465. The van der Waals surface area contributed by atoms with Crippen LogP contribution in [0.1, 0.15) is 64.2 Å². The zero-order chi connectivity index (χ0) is 19.9. The van der Waals surface area contributed by atoms with Crippen LogP contribution in [0.5, 0.6) is 5.75 Å². The molecule has 27 heavy (non-hydrogen) atoms. The van der Waals surface area contributed by atoms with E-state index in [0.29, 0.717) is 30.7 Å². The molecule has 0 aromatic heterocycles. The largest absolute Gasteiger partial charge is 0.491 e. The summed E-state index contributed by atoms with van der Waals surface area (Å²) < 4.78 is 5.57. The molecule has 0 radical (unpaired) electrons. The first-order valence-electron chi connectivity index (χ1n) is 9.44. The lowest BCUT2D eigenvalue weighted by atomic mass is 10.1. The quantitative estimate of drug-likeness (QED) is 0.396. The molecule has 0 fully saturated rings. The fourth-order valence-corrected chi connectivity index (χ4v) is 2.58. The number of ether oxygens (including phenoxy) is 1. The molecule has 0 atom stereocenters. The Balaban J connectivity index is 2.22. The zero-order valence-electron chi connectivity index (χ0n) is 15.6. The lowest BCUT2D eigenvalue weighted by Crippen LogP contribution is -2.12. The molecule has 0 bridgehead atoms. The molecule has 0 aliphatic heterocycles. The summed E-state index contributed by atoms with van der Waals surface area (Å²) in [7, 11) is 0. The van der Waals surface area contributed by atoms with Gasteiger partial charge in [0.1, 0.15) is 5.75 Å². The average Bonchev–Trinajstić information content (AvgIpc) is 2.61. The van der Waals surface area contributed by atoms with E-state index in [1.807, 2.05) is 0 Å². The van der Waals surface area contributed by atoms with Gasteiger partial charge < -0.3 is 20.3 Å². The van der Waals surface area contributed by atoms with Crippen LogP contribution < -0.4 is 10.1 Å². The van der Waals surface area contributed by atoms with Crippen molar-refractivity contribution < 1.29 is 29.3 Å². The monoisotopic (exact) mass is 379 g/mol. The second kappa shape index (κ2) is 13.6. The minimum Gasteiger partial charge on any atom is -0.491 e. The van der Waals surface area contributed by atoms with E-state index in [1.165, 1.54) is 0 Å². The van der Waals surface area contributed by atoms with Gasteiger partial charge >= 0.3 is 11.9 Å². The van der Waals surface area contributed by atoms with Crippen molar-refractivity contribution in [2.75, 3.05) is 11.9 Å². The van der Waals surface area contributed by atoms with Crippen molar-refractivity contribution in [2.24, 2.45) is 0 Å². The number of carboxylic acid groups (broad SMARTS) is 2. The molecule has 0 unspecified atom stereocenters. The molecule has 0 saturated carbocycles.